The molecule has 0 saturated carbocycles. The summed E-state index contributed by atoms with van der Waals surface area (Å²) in [4.78, 5) is 15.4. The number of methoxy groups -OCH3 is 1. The minimum Gasteiger partial charge on any atom is -0.493 e. The second kappa shape index (κ2) is 9.11. The number of imidazole rings is 1. The number of aromatic nitrogens is 4. The predicted molar refractivity (Wildman–Crippen MR) is 117 cm³/mol. The van der Waals surface area contributed by atoms with Crippen LogP contribution in [0.15, 0.2) is 54.9 Å². The lowest BCUT2D eigenvalue weighted by Crippen LogP contribution is -2.08. The highest BCUT2D eigenvalue weighted by Crippen LogP contribution is 2.34. The summed E-state index contributed by atoms with van der Waals surface area (Å²) in [5.41, 5.74) is 2.74. The fraction of sp³-hybridized carbons (Fsp3) is 0.174. The highest BCUT2D eigenvalue weighted by atomic mass is 35.5. The summed E-state index contributed by atoms with van der Waals surface area (Å²) in [5, 5.41) is 0.398. The van der Waals surface area contributed by atoms with Gasteiger partial charge in [-0.1, -0.05) is 17.7 Å². The normalized spacial score (nSPS) is 11.5. The number of alkyl halides is 3. The number of ether oxygens (including phenoxy) is 2. The van der Waals surface area contributed by atoms with Gasteiger partial charge in [-0.25, -0.2) is 9.97 Å². The van der Waals surface area contributed by atoms with Crippen molar-refractivity contribution in [2.75, 3.05) is 7.11 Å². The molecule has 0 aliphatic heterocycles. The van der Waals surface area contributed by atoms with Crippen molar-refractivity contribution in [2.24, 2.45) is 0 Å². The van der Waals surface area contributed by atoms with Crippen LogP contribution in [0.5, 0.6) is 11.5 Å². The van der Waals surface area contributed by atoms with Crippen LogP contribution in [0.25, 0.3) is 22.6 Å². The third-order valence-electron chi connectivity index (χ3n) is 4.83. The van der Waals surface area contributed by atoms with Gasteiger partial charge < -0.3 is 14.5 Å². The molecule has 0 saturated heterocycles. The molecule has 0 unspecified atom stereocenters. The van der Waals surface area contributed by atoms with Crippen molar-refractivity contribution in [3.8, 4) is 34.1 Å². The highest BCUT2D eigenvalue weighted by Gasteiger charge is 2.32. The van der Waals surface area contributed by atoms with Crippen LogP contribution in [0, 0.1) is 6.92 Å². The standard InChI is InChI=1S/C23H18ClF3N4O2/c1-13-21(31-22(30-13)16-5-8-20(24)29-11-16)15-4-6-17(18(9-15)32-2)33-12-14-3-7-19(28-10-14)23(25,26)27/h3-11H,12H2,1-2H3,(H,30,31). The average molecular weight is 475 g/mol. The monoisotopic (exact) mass is 474 g/mol. The Bertz CT molecular complexity index is 1260. The number of hydrogen-bond donors (Lipinski definition) is 1. The summed E-state index contributed by atoms with van der Waals surface area (Å²) in [5.74, 6) is 1.56. The van der Waals surface area contributed by atoms with E-state index in [9.17, 15) is 13.2 Å². The highest BCUT2D eigenvalue weighted by molar-refractivity contribution is 6.29. The second-order valence-electron chi connectivity index (χ2n) is 7.13. The van der Waals surface area contributed by atoms with E-state index in [0.717, 1.165) is 34.8 Å². The van der Waals surface area contributed by atoms with Crippen molar-refractivity contribution in [2.45, 2.75) is 19.7 Å². The first kappa shape index (κ1) is 22.6. The largest absolute Gasteiger partial charge is 0.493 e. The molecular formula is C23H18ClF3N4O2. The van der Waals surface area contributed by atoms with E-state index in [1.807, 2.05) is 19.1 Å². The van der Waals surface area contributed by atoms with Gasteiger partial charge in [0, 0.05) is 34.8 Å². The van der Waals surface area contributed by atoms with Crippen molar-refractivity contribution in [1.82, 2.24) is 19.9 Å². The Hall–Kier alpha value is -3.59. The van der Waals surface area contributed by atoms with Crippen LogP contribution in [0.4, 0.5) is 13.2 Å². The topological polar surface area (TPSA) is 72.9 Å². The molecular weight excluding hydrogens is 457 g/mol. The summed E-state index contributed by atoms with van der Waals surface area (Å²) < 4.78 is 49.2. The van der Waals surface area contributed by atoms with E-state index in [2.05, 4.69) is 19.9 Å². The number of rotatable bonds is 6. The zero-order valence-corrected chi connectivity index (χ0v) is 18.3. The molecule has 4 rings (SSSR count). The zero-order chi connectivity index (χ0) is 23.6. The van der Waals surface area contributed by atoms with Crippen LogP contribution in [0.3, 0.4) is 0 Å². The maximum absolute atomic E-state index is 12.7. The van der Waals surface area contributed by atoms with E-state index in [1.54, 1.807) is 24.4 Å². The molecule has 3 aromatic heterocycles. The SMILES string of the molecule is COc1cc(-c2nc(-c3ccc(Cl)nc3)[nH]c2C)ccc1OCc1ccc(C(F)(F)F)nc1. The first-order valence-corrected chi connectivity index (χ1v) is 10.1. The summed E-state index contributed by atoms with van der Waals surface area (Å²) >= 11 is 5.85. The minimum atomic E-state index is -4.48. The molecule has 0 radical (unpaired) electrons. The molecule has 0 aliphatic rings. The molecule has 6 nitrogen and oxygen atoms in total. The molecule has 0 atom stereocenters. The van der Waals surface area contributed by atoms with Gasteiger partial charge in [0.05, 0.1) is 12.8 Å². The molecule has 1 aromatic carbocycles. The number of pyridine rings is 2. The molecule has 33 heavy (non-hydrogen) atoms. The van der Waals surface area contributed by atoms with Crippen molar-refractivity contribution in [3.63, 3.8) is 0 Å². The van der Waals surface area contributed by atoms with Crippen LogP contribution < -0.4 is 9.47 Å². The first-order valence-electron chi connectivity index (χ1n) is 9.76. The smallest absolute Gasteiger partial charge is 0.433 e. The van der Waals surface area contributed by atoms with Gasteiger partial charge in [0.1, 0.15) is 23.3 Å². The number of nitrogens with one attached hydrogen (secondary N) is 1. The van der Waals surface area contributed by atoms with Crippen LogP contribution in [0.2, 0.25) is 5.15 Å². The summed E-state index contributed by atoms with van der Waals surface area (Å²) in [7, 11) is 1.51. The molecule has 0 bridgehead atoms. The third kappa shape index (κ3) is 5.09. The average Bonchev–Trinajstić information content (AvgIpc) is 3.19. The van der Waals surface area contributed by atoms with E-state index in [1.165, 1.54) is 13.2 Å². The lowest BCUT2D eigenvalue weighted by Gasteiger charge is -2.12. The van der Waals surface area contributed by atoms with Crippen molar-refractivity contribution in [1.29, 1.82) is 0 Å². The fourth-order valence-electron chi connectivity index (χ4n) is 3.17. The van der Waals surface area contributed by atoms with E-state index in [4.69, 9.17) is 21.1 Å². The molecule has 170 valence electrons. The minimum absolute atomic E-state index is 0.0377. The molecule has 4 aromatic rings. The molecule has 0 spiro atoms. The Balaban J connectivity index is 1.53. The van der Waals surface area contributed by atoms with Crippen molar-refractivity contribution in [3.05, 3.63) is 77.0 Å². The lowest BCUT2D eigenvalue weighted by molar-refractivity contribution is -0.141. The van der Waals surface area contributed by atoms with Crippen LogP contribution in [-0.4, -0.2) is 27.0 Å². The first-order chi connectivity index (χ1) is 15.7. The number of hydrogen-bond acceptors (Lipinski definition) is 5. The number of aryl methyl sites for hydroxylation is 1. The third-order valence-corrected chi connectivity index (χ3v) is 5.06. The molecule has 0 amide bonds. The van der Waals surface area contributed by atoms with Crippen molar-refractivity contribution < 1.29 is 22.6 Å². The predicted octanol–water partition coefficient (Wildman–Crippen LogP) is 6.10. The summed E-state index contributed by atoms with van der Waals surface area (Å²) in [6.07, 6.45) is -1.70. The Morgan fingerprint density at radius 3 is 2.39 bits per heavy atom. The maximum atomic E-state index is 12.7. The van der Waals surface area contributed by atoms with E-state index in [0.29, 0.717) is 28.0 Å². The molecule has 1 N–H and O–H groups in total. The van der Waals surface area contributed by atoms with E-state index in [-0.39, 0.29) is 6.61 Å². The molecule has 0 aliphatic carbocycles. The van der Waals surface area contributed by atoms with Gasteiger partial charge >= 0.3 is 6.18 Å². The Labute approximate surface area is 192 Å². The van der Waals surface area contributed by atoms with Gasteiger partial charge in [-0.05, 0) is 43.3 Å². The number of nitrogens with zero attached hydrogens (tertiary/aromatic N) is 3. The Morgan fingerprint density at radius 2 is 1.76 bits per heavy atom. The van der Waals surface area contributed by atoms with Gasteiger partial charge in [0.2, 0.25) is 0 Å². The van der Waals surface area contributed by atoms with Crippen LogP contribution in [-0.2, 0) is 12.8 Å². The number of H-pyrrole nitrogens is 1. The lowest BCUT2D eigenvalue weighted by atomic mass is 10.1. The molecule has 0 fully saturated rings. The van der Waals surface area contributed by atoms with Gasteiger partial charge in [0.25, 0.3) is 0 Å². The van der Waals surface area contributed by atoms with Gasteiger partial charge in [-0.3, -0.25) is 4.98 Å². The number of benzene rings is 1. The van der Waals surface area contributed by atoms with Gasteiger partial charge in [-0.2, -0.15) is 13.2 Å². The Morgan fingerprint density at radius 1 is 0.970 bits per heavy atom. The quantitative estimate of drug-likeness (QED) is 0.342. The van der Waals surface area contributed by atoms with Crippen LogP contribution >= 0.6 is 11.6 Å². The summed E-state index contributed by atoms with van der Waals surface area (Å²) in [6, 6.07) is 11.1. The van der Waals surface area contributed by atoms with Crippen LogP contribution in [0.1, 0.15) is 17.0 Å². The summed E-state index contributed by atoms with van der Waals surface area (Å²) in [6.45, 7) is 1.94. The number of aromatic amines is 1. The van der Waals surface area contributed by atoms with Gasteiger partial charge in [0.15, 0.2) is 11.5 Å². The molecule has 10 heteroatoms. The van der Waals surface area contributed by atoms with Crippen molar-refractivity contribution >= 4 is 11.6 Å². The Kier molecular flexibility index (Phi) is 6.24. The number of halogens is 4. The van der Waals surface area contributed by atoms with E-state index < -0.39 is 11.9 Å². The fourth-order valence-corrected chi connectivity index (χ4v) is 3.28. The molecule has 3 heterocycles. The second-order valence-corrected chi connectivity index (χ2v) is 7.52. The van der Waals surface area contributed by atoms with E-state index >= 15 is 0 Å². The van der Waals surface area contributed by atoms with Gasteiger partial charge in [-0.15, -0.1) is 0 Å². The maximum Gasteiger partial charge on any atom is 0.433 e. The zero-order valence-electron chi connectivity index (χ0n) is 17.6.